The quantitative estimate of drug-likeness (QED) is 0.875. The van der Waals surface area contributed by atoms with E-state index < -0.39 is 38.4 Å². The van der Waals surface area contributed by atoms with Gasteiger partial charge >= 0.3 is 0 Å². The van der Waals surface area contributed by atoms with Crippen molar-refractivity contribution in [1.29, 1.82) is 5.26 Å². The van der Waals surface area contributed by atoms with E-state index in [1.807, 2.05) is 0 Å². The Morgan fingerprint density at radius 1 is 1.47 bits per heavy atom. The Morgan fingerprint density at radius 2 is 2.06 bits per heavy atom. The Kier molecular flexibility index (Phi) is 3.65. The normalized spacial score (nSPS) is 12.9. The molecule has 0 bridgehead atoms. The van der Waals surface area contributed by atoms with Crippen LogP contribution in [0.4, 0.5) is 8.78 Å². The van der Waals surface area contributed by atoms with Gasteiger partial charge in [0.2, 0.25) is 10.0 Å². The summed E-state index contributed by atoms with van der Waals surface area (Å²) >= 11 is 0. The fourth-order valence-electron chi connectivity index (χ4n) is 1.07. The Balaban J connectivity index is 3.43. The third-order valence-corrected chi connectivity index (χ3v) is 2.67. The molecule has 1 aromatic carbocycles. The van der Waals surface area contributed by atoms with E-state index in [9.17, 15) is 17.2 Å². The van der Waals surface area contributed by atoms with Gasteiger partial charge in [-0.05, 0) is 13.0 Å². The molecule has 0 aliphatic rings. The standard InChI is InChI=1S/C9H8F2N2O3S/c1-5(4-12)16-9-7(11)2-6(10)3-8(9)17(13,14)15/h2-3,5H,1H3,(H2,13,14,15). The minimum absolute atomic E-state index is 0.439. The summed E-state index contributed by atoms with van der Waals surface area (Å²) in [6.45, 7) is 1.27. The van der Waals surface area contributed by atoms with Gasteiger partial charge in [-0.25, -0.2) is 22.3 Å². The second-order valence-corrected chi connectivity index (χ2v) is 4.68. The fourth-order valence-corrected chi connectivity index (χ4v) is 1.75. The summed E-state index contributed by atoms with van der Waals surface area (Å²) in [5, 5.41) is 13.3. The lowest BCUT2D eigenvalue weighted by molar-refractivity contribution is 0.254. The number of halogens is 2. The number of rotatable bonds is 3. The van der Waals surface area contributed by atoms with E-state index in [1.165, 1.54) is 6.92 Å². The molecule has 0 saturated carbocycles. The molecule has 1 aromatic rings. The fraction of sp³-hybridized carbons (Fsp3) is 0.222. The number of nitrogens with zero attached hydrogens (tertiary/aromatic N) is 1. The van der Waals surface area contributed by atoms with Gasteiger partial charge in [-0.1, -0.05) is 0 Å². The number of ether oxygens (including phenoxy) is 1. The van der Waals surface area contributed by atoms with Crippen LogP contribution in [0.2, 0.25) is 0 Å². The minimum atomic E-state index is -4.35. The predicted molar refractivity (Wildman–Crippen MR) is 53.4 cm³/mol. The first-order chi connectivity index (χ1) is 7.75. The Bertz CT molecular complexity index is 581. The molecule has 17 heavy (non-hydrogen) atoms. The topological polar surface area (TPSA) is 93.2 Å². The summed E-state index contributed by atoms with van der Waals surface area (Å²) in [6, 6.07) is 2.58. The molecule has 0 fully saturated rings. The van der Waals surface area contributed by atoms with E-state index >= 15 is 0 Å². The van der Waals surface area contributed by atoms with Crippen molar-refractivity contribution in [3.05, 3.63) is 23.8 Å². The number of hydrogen-bond donors (Lipinski definition) is 1. The van der Waals surface area contributed by atoms with E-state index in [0.717, 1.165) is 0 Å². The minimum Gasteiger partial charge on any atom is -0.471 e. The highest BCUT2D eigenvalue weighted by atomic mass is 32.2. The van der Waals surface area contributed by atoms with Crippen LogP contribution < -0.4 is 9.88 Å². The van der Waals surface area contributed by atoms with E-state index in [4.69, 9.17) is 15.1 Å². The zero-order valence-electron chi connectivity index (χ0n) is 8.65. The van der Waals surface area contributed by atoms with Gasteiger partial charge < -0.3 is 4.74 Å². The van der Waals surface area contributed by atoms with Crippen molar-refractivity contribution >= 4 is 10.0 Å². The van der Waals surface area contributed by atoms with Crippen molar-refractivity contribution in [2.45, 2.75) is 17.9 Å². The molecule has 5 nitrogen and oxygen atoms in total. The third-order valence-electron chi connectivity index (χ3n) is 1.76. The second-order valence-electron chi connectivity index (χ2n) is 3.15. The van der Waals surface area contributed by atoms with Crippen molar-refractivity contribution < 1.29 is 21.9 Å². The van der Waals surface area contributed by atoms with E-state index in [0.29, 0.717) is 12.1 Å². The smallest absolute Gasteiger partial charge is 0.241 e. The zero-order chi connectivity index (χ0) is 13.2. The van der Waals surface area contributed by atoms with E-state index in [-0.39, 0.29) is 0 Å². The number of primary sulfonamides is 1. The molecule has 0 radical (unpaired) electrons. The summed E-state index contributed by atoms with van der Waals surface area (Å²) in [7, 11) is -4.35. The lowest BCUT2D eigenvalue weighted by Crippen LogP contribution is -2.18. The predicted octanol–water partition coefficient (Wildman–Crippen LogP) is 0.903. The van der Waals surface area contributed by atoms with Gasteiger partial charge in [0.25, 0.3) is 0 Å². The van der Waals surface area contributed by atoms with Crippen LogP contribution >= 0.6 is 0 Å². The second kappa shape index (κ2) is 4.65. The van der Waals surface area contributed by atoms with Crippen molar-refractivity contribution in [1.82, 2.24) is 0 Å². The zero-order valence-corrected chi connectivity index (χ0v) is 9.46. The van der Waals surface area contributed by atoms with Gasteiger partial charge in [-0.3, -0.25) is 0 Å². The summed E-state index contributed by atoms with van der Waals surface area (Å²) in [5.74, 6) is -3.11. The molecule has 0 amide bonds. The van der Waals surface area contributed by atoms with Crippen LogP contribution in [-0.2, 0) is 10.0 Å². The monoisotopic (exact) mass is 262 g/mol. The molecule has 0 aliphatic carbocycles. The molecule has 0 aliphatic heterocycles. The Morgan fingerprint density at radius 3 is 2.53 bits per heavy atom. The molecule has 0 saturated heterocycles. The highest BCUT2D eigenvalue weighted by Crippen LogP contribution is 2.28. The van der Waals surface area contributed by atoms with E-state index in [1.54, 1.807) is 6.07 Å². The number of nitriles is 1. The van der Waals surface area contributed by atoms with Crippen LogP contribution in [0, 0.1) is 23.0 Å². The maximum Gasteiger partial charge on any atom is 0.241 e. The van der Waals surface area contributed by atoms with Gasteiger partial charge in [0.05, 0.1) is 0 Å². The van der Waals surface area contributed by atoms with Crippen molar-refractivity contribution in [3.63, 3.8) is 0 Å². The molecule has 92 valence electrons. The largest absolute Gasteiger partial charge is 0.471 e. The molecule has 1 rings (SSSR count). The molecule has 2 N–H and O–H groups in total. The molecule has 0 heterocycles. The lowest BCUT2D eigenvalue weighted by atomic mass is 10.3. The number of benzene rings is 1. The molecule has 1 unspecified atom stereocenters. The Labute approximate surface area is 96.5 Å². The summed E-state index contributed by atoms with van der Waals surface area (Å²) in [6.07, 6.45) is -1.10. The number of nitrogens with two attached hydrogens (primary N) is 1. The van der Waals surface area contributed by atoms with Crippen LogP contribution in [0.25, 0.3) is 0 Å². The van der Waals surface area contributed by atoms with Crippen LogP contribution in [-0.4, -0.2) is 14.5 Å². The van der Waals surface area contributed by atoms with Crippen molar-refractivity contribution in [2.24, 2.45) is 5.14 Å². The first-order valence-corrected chi connectivity index (χ1v) is 5.88. The van der Waals surface area contributed by atoms with Gasteiger partial charge in [0.1, 0.15) is 16.8 Å². The molecule has 1 atom stereocenters. The van der Waals surface area contributed by atoms with Crippen molar-refractivity contribution in [3.8, 4) is 11.8 Å². The van der Waals surface area contributed by atoms with Crippen LogP contribution in [0.15, 0.2) is 17.0 Å². The third kappa shape index (κ3) is 3.12. The average Bonchev–Trinajstić information content (AvgIpc) is 2.19. The van der Waals surface area contributed by atoms with E-state index in [2.05, 4.69) is 0 Å². The maximum atomic E-state index is 13.3. The molecular formula is C9H8F2N2O3S. The lowest BCUT2D eigenvalue weighted by Gasteiger charge is -2.12. The number of hydrogen-bond acceptors (Lipinski definition) is 4. The average molecular weight is 262 g/mol. The SMILES string of the molecule is CC(C#N)Oc1c(F)cc(F)cc1S(N)(=O)=O. The number of sulfonamides is 1. The first-order valence-electron chi connectivity index (χ1n) is 4.34. The van der Waals surface area contributed by atoms with Gasteiger partial charge in [0.15, 0.2) is 17.7 Å². The maximum absolute atomic E-state index is 13.3. The van der Waals surface area contributed by atoms with Crippen LogP contribution in [0.5, 0.6) is 5.75 Å². The highest BCUT2D eigenvalue weighted by Gasteiger charge is 2.22. The van der Waals surface area contributed by atoms with Gasteiger partial charge in [-0.15, -0.1) is 0 Å². The molecular weight excluding hydrogens is 254 g/mol. The molecule has 0 aromatic heterocycles. The Hall–Kier alpha value is -1.72. The first kappa shape index (κ1) is 13.3. The van der Waals surface area contributed by atoms with Gasteiger partial charge in [-0.2, -0.15) is 5.26 Å². The molecule has 8 heteroatoms. The van der Waals surface area contributed by atoms with Crippen molar-refractivity contribution in [2.75, 3.05) is 0 Å². The van der Waals surface area contributed by atoms with Crippen LogP contribution in [0.3, 0.4) is 0 Å². The summed E-state index contributed by atoms with van der Waals surface area (Å²) in [4.78, 5) is -0.836. The highest BCUT2D eigenvalue weighted by molar-refractivity contribution is 7.89. The van der Waals surface area contributed by atoms with Crippen LogP contribution in [0.1, 0.15) is 6.92 Å². The molecule has 0 spiro atoms. The summed E-state index contributed by atoms with van der Waals surface area (Å²) in [5.41, 5.74) is 0. The van der Waals surface area contributed by atoms with Gasteiger partial charge in [0, 0.05) is 6.07 Å². The summed E-state index contributed by atoms with van der Waals surface area (Å²) < 4.78 is 53.2.